The van der Waals surface area contributed by atoms with Crippen molar-refractivity contribution in [3.63, 3.8) is 0 Å². The summed E-state index contributed by atoms with van der Waals surface area (Å²) in [5.74, 6) is -1.24. The number of aromatic nitrogens is 2. The van der Waals surface area contributed by atoms with Crippen LogP contribution in [-0.4, -0.2) is 16.5 Å². The molecule has 16 heavy (non-hydrogen) atoms. The molecule has 1 aromatic heterocycles. The first-order valence-electron chi connectivity index (χ1n) is 5.61. The average Bonchev–Trinajstić information content (AvgIpc) is 2.74. The van der Waals surface area contributed by atoms with Gasteiger partial charge in [0.2, 0.25) is 5.79 Å². The lowest BCUT2D eigenvalue weighted by Crippen LogP contribution is -2.37. The number of alkyl halides is 1. The number of fused-ring (bicyclic) bond motifs is 1. The van der Waals surface area contributed by atoms with Gasteiger partial charge in [0, 0.05) is 13.0 Å². The summed E-state index contributed by atoms with van der Waals surface area (Å²) in [6.07, 6.45) is 2.29. The Hall–Kier alpha value is -1.42. The fraction of sp³-hybridized carbons (Fsp3) is 0.417. The predicted octanol–water partition coefficient (Wildman–Crippen LogP) is 2.47. The highest BCUT2D eigenvalue weighted by molar-refractivity contribution is 5.74. The van der Waals surface area contributed by atoms with Crippen molar-refractivity contribution in [3.05, 3.63) is 30.1 Å². The average molecular weight is 218 g/mol. The highest BCUT2D eigenvalue weighted by Gasteiger charge is 2.37. The zero-order valence-electron chi connectivity index (χ0n) is 8.91. The molecule has 0 saturated carbocycles. The van der Waals surface area contributed by atoms with Crippen LogP contribution in [0.25, 0.3) is 11.0 Å². The first kappa shape index (κ1) is 9.78. The molecule has 1 unspecified atom stereocenters. The second-order valence-corrected chi connectivity index (χ2v) is 4.20. The summed E-state index contributed by atoms with van der Waals surface area (Å²) in [4.78, 5) is 7.31. The lowest BCUT2D eigenvalue weighted by molar-refractivity contribution is 0.0633. The molecule has 1 aromatic carbocycles. The zero-order valence-corrected chi connectivity index (χ0v) is 8.91. The second kappa shape index (κ2) is 3.56. The molecule has 83 valence electrons. The molecule has 1 aliphatic heterocycles. The summed E-state index contributed by atoms with van der Waals surface area (Å²) in [6, 6.07) is 7.59. The Morgan fingerprint density at radius 1 is 1.25 bits per heavy atom. The van der Waals surface area contributed by atoms with E-state index in [2.05, 4.69) is 15.3 Å². The number of imidazole rings is 1. The molecular formula is C12H13FN3. The van der Waals surface area contributed by atoms with Gasteiger partial charge in [-0.25, -0.2) is 9.37 Å². The number of nitrogens with zero attached hydrogens (tertiary/aromatic N) is 2. The van der Waals surface area contributed by atoms with Crippen molar-refractivity contribution in [2.24, 2.45) is 0 Å². The van der Waals surface area contributed by atoms with E-state index in [-0.39, 0.29) is 0 Å². The van der Waals surface area contributed by atoms with Crippen LogP contribution in [0.1, 0.15) is 25.1 Å². The minimum atomic E-state index is -1.60. The van der Waals surface area contributed by atoms with E-state index in [1.54, 1.807) is 0 Å². The van der Waals surface area contributed by atoms with Crippen molar-refractivity contribution < 1.29 is 4.39 Å². The lowest BCUT2D eigenvalue weighted by Gasteiger charge is -2.26. The summed E-state index contributed by atoms with van der Waals surface area (Å²) in [6.45, 7) is 0.591. The van der Waals surface area contributed by atoms with Gasteiger partial charge in [-0.15, -0.1) is 0 Å². The van der Waals surface area contributed by atoms with Crippen LogP contribution in [0.4, 0.5) is 4.39 Å². The van der Waals surface area contributed by atoms with Crippen LogP contribution in [0.3, 0.4) is 0 Å². The second-order valence-electron chi connectivity index (χ2n) is 4.20. The van der Waals surface area contributed by atoms with Crippen LogP contribution in [0.2, 0.25) is 0 Å². The Morgan fingerprint density at radius 2 is 2.12 bits per heavy atom. The number of rotatable bonds is 1. The predicted molar refractivity (Wildman–Crippen MR) is 59.7 cm³/mol. The molecule has 0 amide bonds. The van der Waals surface area contributed by atoms with E-state index in [1.165, 1.54) is 0 Å². The van der Waals surface area contributed by atoms with Gasteiger partial charge in [0.05, 0.1) is 11.0 Å². The van der Waals surface area contributed by atoms with E-state index in [9.17, 15) is 4.39 Å². The summed E-state index contributed by atoms with van der Waals surface area (Å²) in [7, 11) is 0. The van der Waals surface area contributed by atoms with Crippen LogP contribution < -0.4 is 5.32 Å². The third-order valence-electron chi connectivity index (χ3n) is 3.03. The van der Waals surface area contributed by atoms with Crippen LogP contribution in [0.5, 0.6) is 0 Å². The Kier molecular flexibility index (Phi) is 2.17. The van der Waals surface area contributed by atoms with E-state index < -0.39 is 5.79 Å². The molecule has 3 rings (SSSR count). The molecule has 4 heteroatoms. The van der Waals surface area contributed by atoms with Crippen LogP contribution >= 0.6 is 0 Å². The molecule has 2 aromatic rings. The van der Waals surface area contributed by atoms with Gasteiger partial charge in [-0.05, 0) is 25.0 Å². The van der Waals surface area contributed by atoms with Crippen molar-refractivity contribution in [1.82, 2.24) is 15.3 Å². The van der Waals surface area contributed by atoms with E-state index in [0.717, 1.165) is 23.9 Å². The summed E-state index contributed by atoms with van der Waals surface area (Å²) in [5, 5.41) is 4.07. The zero-order chi connectivity index (χ0) is 11.0. The van der Waals surface area contributed by atoms with Crippen molar-refractivity contribution in [1.29, 1.82) is 0 Å². The smallest absolute Gasteiger partial charge is 0.234 e. The molecule has 1 saturated heterocycles. The van der Waals surface area contributed by atoms with Crippen molar-refractivity contribution in [2.75, 3.05) is 6.54 Å². The van der Waals surface area contributed by atoms with Crippen molar-refractivity contribution in [2.45, 2.75) is 25.1 Å². The molecule has 1 aliphatic rings. The van der Waals surface area contributed by atoms with E-state index in [4.69, 9.17) is 0 Å². The molecule has 1 fully saturated rings. The molecule has 1 radical (unpaired) electrons. The summed E-state index contributed by atoms with van der Waals surface area (Å²) < 4.78 is 14.5. The standard InChI is InChI=1S/C12H13FN3/c13-12(7-3-4-8-14-12)11-15-9-5-1-2-6-10(9)16-11/h1-2,5-6H,3-4,7-8H2,(H,15,16). The molecule has 0 bridgehead atoms. The summed E-state index contributed by atoms with van der Waals surface area (Å²) >= 11 is 0. The maximum Gasteiger partial charge on any atom is 0.234 e. The first-order chi connectivity index (χ1) is 7.78. The number of nitrogens with one attached hydrogen (secondary N) is 1. The van der Waals surface area contributed by atoms with Crippen LogP contribution in [-0.2, 0) is 5.79 Å². The summed E-state index contributed by atoms with van der Waals surface area (Å²) in [5.41, 5.74) is 1.67. The number of piperidine rings is 1. The number of halogens is 1. The van der Waals surface area contributed by atoms with Gasteiger partial charge in [0.15, 0.2) is 5.82 Å². The fourth-order valence-electron chi connectivity index (χ4n) is 2.13. The lowest BCUT2D eigenvalue weighted by atomic mass is 10.0. The van der Waals surface area contributed by atoms with Gasteiger partial charge in [-0.2, -0.15) is 5.32 Å². The number of aromatic amines is 1. The molecule has 1 atom stereocenters. The Balaban J connectivity index is 2.04. The number of hydrogen-bond acceptors (Lipinski definition) is 1. The van der Waals surface area contributed by atoms with Gasteiger partial charge in [0.25, 0.3) is 0 Å². The minimum Gasteiger partial charge on any atom is -0.338 e. The Morgan fingerprint density at radius 3 is 2.88 bits per heavy atom. The number of benzene rings is 1. The van der Waals surface area contributed by atoms with Gasteiger partial charge >= 0.3 is 0 Å². The molecule has 0 aliphatic carbocycles. The van der Waals surface area contributed by atoms with Crippen molar-refractivity contribution >= 4 is 11.0 Å². The highest BCUT2D eigenvalue weighted by Crippen LogP contribution is 2.32. The minimum absolute atomic E-state index is 0.355. The van der Waals surface area contributed by atoms with E-state index in [1.807, 2.05) is 24.3 Å². The normalized spacial score (nSPS) is 26.1. The monoisotopic (exact) mass is 218 g/mol. The maximum atomic E-state index is 14.5. The van der Waals surface area contributed by atoms with Gasteiger partial charge in [-0.3, -0.25) is 0 Å². The number of para-hydroxylation sites is 2. The van der Waals surface area contributed by atoms with E-state index in [0.29, 0.717) is 18.8 Å². The number of hydrogen-bond donors (Lipinski definition) is 1. The molecule has 3 nitrogen and oxygen atoms in total. The van der Waals surface area contributed by atoms with Crippen LogP contribution in [0, 0.1) is 0 Å². The Labute approximate surface area is 93.1 Å². The first-order valence-corrected chi connectivity index (χ1v) is 5.61. The Bertz CT molecular complexity index is 467. The third-order valence-corrected chi connectivity index (χ3v) is 3.03. The molecule has 0 spiro atoms. The van der Waals surface area contributed by atoms with Gasteiger partial charge < -0.3 is 4.98 Å². The quantitative estimate of drug-likeness (QED) is 0.734. The maximum absolute atomic E-state index is 14.5. The van der Waals surface area contributed by atoms with E-state index >= 15 is 0 Å². The molecule has 1 N–H and O–H groups in total. The largest absolute Gasteiger partial charge is 0.338 e. The highest BCUT2D eigenvalue weighted by atomic mass is 19.1. The molecule has 2 heterocycles. The topological polar surface area (TPSA) is 42.8 Å². The van der Waals surface area contributed by atoms with Gasteiger partial charge in [0.1, 0.15) is 0 Å². The fourth-order valence-corrected chi connectivity index (χ4v) is 2.13. The third kappa shape index (κ3) is 1.50. The number of H-pyrrole nitrogens is 1. The van der Waals surface area contributed by atoms with Crippen LogP contribution in [0.15, 0.2) is 24.3 Å². The van der Waals surface area contributed by atoms with Gasteiger partial charge in [-0.1, -0.05) is 12.1 Å². The van der Waals surface area contributed by atoms with Crippen molar-refractivity contribution in [3.8, 4) is 0 Å². The molecular weight excluding hydrogens is 205 g/mol. The SMILES string of the molecule is FC1(c2nc3ccccc3[nH]2)CCCC[N]1.